The van der Waals surface area contributed by atoms with Crippen molar-refractivity contribution < 1.29 is 4.42 Å². The van der Waals surface area contributed by atoms with E-state index in [0.717, 1.165) is 36.8 Å². The fourth-order valence-electron chi connectivity index (χ4n) is 2.88. The molecule has 0 bridgehead atoms. The van der Waals surface area contributed by atoms with E-state index in [1.165, 1.54) is 0 Å². The molecule has 6 heteroatoms. The van der Waals surface area contributed by atoms with Crippen molar-refractivity contribution in [3.63, 3.8) is 0 Å². The van der Waals surface area contributed by atoms with Gasteiger partial charge in [0, 0.05) is 30.7 Å². The molecular weight excluding hydrogens is 321 g/mol. The molecule has 2 atom stereocenters. The fourth-order valence-corrected chi connectivity index (χ4v) is 2.88. The first-order valence-corrected chi connectivity index (χ1v) is 7.19. The molecule has 0 radical (unpaired) electrons. The summed E-state index contributed by atoms with van der Waals surface area (Å²) >= 11 is 0. The van der Waals surface area contributed by atoms with Gasteiger partial charge in [0.15, 0.2) is 5.76 Å². The van der Waals surface area contributed by atoms with Crippen LogP contribution >= 0.6 is 24.8 Å². The molecule has 0 aliphatic carbocycles. The van der Waals surface area contributed by atoms with Crippen molar-refractivity contribution in [3.8, 4) is 11.3 Å². The number of nitrogens with zero attached hydrogens (tertiary/aromatic N) is 2. The second-order valence-electron chi connectivity index (χ2n) is 5.65. The number of hydrogen-bond acceptors (Lipinski definition) is 4. The molecule has 1 N–H and O–H groups in total. The number of oxazole rings is 1. The Morgan fingerprint density at radius 3 is 2.41 bits per heavy atom. The lowest BCUT2D eigenvalue weighted by molar-refractivity contribution is 0.154. The zero-order chi connectivity index (χ0) is 13.9. The quantitative estimate of drug-likeness (QED) is 0.927. The van der Waals surface area contributed by atoms with E-state index in [1.807, 2.05) is 36.5 Å². The first-order chi connectivity index (χ1) is 9.70. The van der Waals surface area contributed by atoms with Crippen LogP contribution in [0.2, 0.25) is 0 Å². The monoisotopic (exact) mass is 343 g/mol. The van der Waals surface area contributed by atoms with Gasteiger partial charge in [-0.05, 0) is 13.8 Å². The van der Waals surface area contributed by atoms with E-state index in [2.05, 4.69) is 29.0 Å². The molecule has 2 aromatic rings. The number of rotatable bonds is 3. The SMILES string of the molecule is CC1CN(Cc2ncc(-c3ccccc3)o2)CC(C)N1.Cl.Cl. The second kappa shape index (κ2) is 8.53. The summed E-state index contributed by atoms with van der Waals surface area (Å²) in [4.78, 5) is 6.80. The highest BCUT2D eigenvalue weighted by Crippen LogP contribution is 2.20. The third-order valence-corrected chi connectivity index (χ3v) is 3.60. The molecule has 0 spiro atoms. The lowest BCUT2D eigenvalue weighted by atomic mass is 10.1. The van der Waals surface area contributed by atoms with Crippen molar-refractivity contribution in [1.82, 2.24) is 15.2 Å². The van der Waals surface area contributed by atoms with Crippen LogP contribution in [0.4, 0.5) is 0 Å². The maximum atomic E-state index is 5.87. The number of piperazine rings is 1. The molecule has 0 amide bonds. The van der Waals surface area contributed by atoms with E-state index < -0.39 is 0 Å². The molecule has 1 saturated heterocycles. The van der Waals surface area contributed by atoms with E-state index in [9.17, 15) is 0 Å². The Morgan fingerprint density at radius 2 is 1.77 bits per heavy atom. The van der Waals surface area contributed by atoms with Gasteiger partial charge in [-0.15, -0.1) is 24.8 Å². The molecule has 3 rings (SSSR count). The number of aromatic nitrogens is 1. The smallest absolute Gasteiger partial charge is 0.209 e. The molecule has 2 heterocycles. The average Bonchev–Trinajstić information content (AvgIpc) is 2.87. The Balaban J connectivity index is 0.00000121. The standard InChI is InChI=1S/C16H21N3O.2ClH/c1-12-9-19(10-13(2)18-12)11-16-17-8-15(20-16)14-6-4-3-5-7-14;;/h3-8,12-13,18H,9-11H2,1-2H3;2*1H. The number of nitrogens with one attached hydrogen (secondary N) is 1. The summed E-state index contributed by atoms with van der Waals surface area (Å²) in [5.41, 5.74) is 1.08. The summed E-state index contributed by atoms with van der Waals surface area (Å²) in [5, 5.41) is 3.53. The molecule has 22 heavy (non-hydrogen) atoms. The van der Waals surface area contributed by atoms with Crippen LogP contribution in [0.25, 0.3) is 11.3 Å². The molecule has 1 aliphatic heterocycles. The molecular formula is C16H23Cl2N3O. The maximum absolute atomic E-state index is 5.87. The van der Waals surface area contributed by atoms with Crippen molar-refractivity contribution in [1.29, 1.82) is 0 Å². The normalized spacial score (nSPS) is 21.7. The lowest BCUT2D eigenvalue weighted by Gasteiger charge is -2.35. The van der Waals surface area contributed by atoms with E-state index in [1.54, 1.807) is 0 Å². The van der Waals surface area contributed by atoms with Gasteiger partial charge in [-0.2, -0.15) is 0 Å². The molecule has 1 aromatic heterocycles. The minimum atomic E-state index is 0. The molecule has 4 nitrogen and oxygen atoms in total. The zero-order valence-corrected chi connectivity index (χ0v) is 14.5. The van der Waals surface area contributed by atoms with Crippen LogP contribution in [0.1, 0.15) is 19.7 Å². The highest BCUT2D eigenvalue weighted by molar-refractivity contribution is 5.85. The van der Waals surface area contributed by atoms with Crippen molar-refractivity contribution in [2.45, 2.75) is 32.5 Å². The first-order valence-electron chi connectivity index (χ1n) is 7.19. The molecule has 2 unspecified atom stereocenters. The van der Waals surface area contributed by atoms with Crippen LogP contribution < -0.4 is 5.32 Å². The van der Waals surface area contributed by atoms with E-state index in [4.69, 9.17) is 4.42 Å². The lowest BCUT2D eigenvalue weighted by Crippen LogP contribution is -2.53. The predicted molar refractivity (Wildman–Crippen MR) is 93.8 cm³/mol. The Bertz CT molecular complexity index is 552. The molecule has 122 valence electrons. The summed E-state index contributed by atoms with van der Waals surface area (Å²) in [6, 6.07) is 11.1. The summed E-state index contributed by atoms with van der Waals surface area (Å²) in [5.74, 6) is 1.64. The topological polar surface area (TPSA) is 41.3 Å². The molecule has 1 aliphatic rings. The number of benzene rings is 1. The Labute approximate surface area is 144 Å². The first kappa shape index (κ1) is 19.0. The average molecular weight is 344 g/mol. The fraction of sp³-hybridized carbons (Fsp3) is 0.438. The summed E-state index contributed by atoms with van der Waals surface area (Å²) in [6.45, 7) is 7.28. The Kier molecular flexibility index (Phi) is 7.36. The van der Waals surface area contributed by atoms with Crippen LogP contribution in [0.5, 0.6) is 0 Å². The van der Waals surface area contributed by atoms with Gasteiger partial charge in [-0.3, -0.25) is 4.90 Å². The van der Waals surface area contributed by atoms with Crippen LogP contribution in [0, 0.1) is 0 Å². The highest BCUT2D eigenvalue weighted by atomic mass is 35.5. The van der Waals surface area contributed by atoms with Gasteiger partial charge in [0.05, 0.1) is 12.7 Å². The summed E-state index contributed by atoms with van der Waals surface area (Å²) < 4.78 is 5.87. The van der Waals surface area contributed by atoms with Gasteiger partial charge < -0.3 is 9.73 Å². The molecule has 1 aromatic carbocycles. The second-order valence-corrected chi connectivity index (χ2v) is 5.65. The van der Waals surface area contributed by atoms with Gasteiger partial charge >= 0.3 is 0 Å². The minimum Gasteiger partial charge on any atom is -0.439 e. The Hall–Kier alpha value is -1.07. The predicted octanol–water partition coefficient (Wildman–Crippen LogP) is 3.37. The Morgan fingerprint density at radius 1 is 1.14 bits per heavy atom. The molecule has 1 fully saturated rings. The highest BCUT2D eigenvalue weighted by Gasteiger charge is 2.22. The maximum Gasteiger partial charge on any atom is 0.209 e. The zero-order valence-electron chi connectivity index (χ0n) is 12.9. The van der Waals surface area contributed by atoms with Gasteiger partial charge in [0.1, 0.15) is 0 Å². The van der Waals surface area contributed by atoms with E-state index >= 15 is 0 Å². The van der Waals surface area contributed by atoms with Crippen molar-refractivity contribution in [2.75, 3.05) is 13.1 Å². The van der Waals surface area contributed by atoms with E-state index in [-0.39, 0.29) is 24.8 Å². The summed E-state index contributed by atoms with van der Waals surface area (Å²) in [6.07, 6.45) is 1.82. The van der Waals surface area contributed by atoms with Crippen molar-refractivity contribution in [2.24, 2.45) is 0 Å². The van der Waals surface area contributed by atoms with Crippen LogP contribution in [0.15, 0.2) is 40.9 Å². The largest absolute Gasteiger partial charge is 0.439 e. The van der Waals surface area contributed by atoms with Crippen molar-refractivity contribution >= 4 is 24.8 Å². The van der Waals surface area contributed by atoms with E-state index in [0.29, 0.717) is 12.1 Å². The third-order valence-electron chi connectivity index (χ3n) is 3.60. The number of hydrogen-bond donors (Lipinski definition) is 1. The molecule has 0 saturated carbocycles. The summed E-state index contributed by atoms with van der Waals surface area (Å²) in [7, 11) is 0. The van der Waals surface area contributed by atoms with Gasteiger partial charge in [0.25, 0.3) is 0 Å². The van der Waals surface area contributed by atoms with Crippen LogP contribution in [-0.2, 0) is 6.54 Å². The van der Waals surface area contributed by atoms with Crippen molar-refractivity contribution in [3.05, 3.63) is 42.4 Å². The van der Waals surface area contributed by atoms with Crippen LogP contribution in [-0.4, -0.2) is 35.1 Å². The van der Waals surface area contributed by atoms with Gasteiger partial charge in [-0.25, -0.2) is 4.98 Å². The van der Waals surface area contributed by atoms with Crippen LogP contribution in [0.3, 0.4) is 0 Å². The number of halogens is 2. The third kappa shape index (κ3) is 4.71. The van der Waals surface area contributed by atoms with Gasteiger partial charge in [0.2, 0.25) is 5.89 Å². The van der Waals surface area contributed by atoms with Gasteiger partial charge in [-0.1, -0.05) is 30.3 Å². The minimum absolute atomic E-state index is 0.